The summed E-state index contributed by atoms with van der Waals surface area (Å²) in [7, 11) is 0. The van der Waals surface area contributed by atoms with Crippen molar-refractivity contribution in [3.63, 3.8) is 0 Å². The second kappa shape index (κ2) is 6.99. The van der Waals surface area contributed by atoms with Gasteiger partial charge in [0, 0.05) is 50.7 Å². The molecule has 1 fully saturated rings. The van der Waals surface area contributed by atoms with E-state index in [4.69, 9.17) is 4.98 Å². The van der Waals surface area contributed by atoms with Crippen LogP contribution in [-0.4, -0.2) is 62.6 Å². The zero-order valence-corrected chi connectivity index (χ0v) is 14.4. The van der Waals surface area contributed by atoms with Gasteiger partial charge in [-0.2, -0.15) is 0 Å². The Hall–Kier alpha value is -1.43. The van der Waals surface area contributed by atoms with Crippen molar-refractivity contribution < 1.29 is 5.11 Å². The highest BCUT2D eigenvalue weighted by Gasteiger charge is 2.26. The number of hydrogen-bond acceptors (Lipinski definition) is 4. The molecule has 1 N–H and O–H groups in total. The van der Waals surface area contributed by atoms with Gasteiger partial charge in [0.1, 0.15) is 5.65 Å². The second-order valence-corrected chi connectivity index (χ2v) is 6.77. The van der Waals surface area contributed by atoms with Gasteiger partial charge in [0.05, 0.1) is 11.8 Å². The minimum atomic E-state index is -0.253. The molecule has 1 aliphatic heterocycles. The standard InChI is InChI=1S/C18H28N4O/c1-4-17-13-20(8-9-21(17)10-15(3)23)11-16-12-22-14(2)6-5-7-18(22)19-16/h5-7,12,15,17,23H,4,8-11,13H2,1-3H3/t15-,17-/m0/s1. The molecule has 23 heavy (non-hydrogen) atoms. The van der Waals surface area contributed by atoms with Crippen molar-refractivity contribution in [1.82, 2.24) is 19.2 Å². The minimum Gasteiger partial charge on any atom is -0.392 e. The van der Waals surface area contributed by atoms with E-state index in [0.717, 1.165) is 50.5 Å². The summed E-state index contributed by atoms with van der Waals surface area (Å²) in [5, 5.41) is 9.66. The molecule has 3 rings (SSSR count). The zero-order chi connectivity index (χ0) is 16.4. The van der Waals surface area contributed by atoms with E-state index in [0.29, 0.717) is 6.04 Å². The molecule has 0 radical (unpaired) electrons. The number of aliphatic hydroxyl groups is 1. The molecular weight excluding hydrogens is 288 g/mol. The molecular formula is C18H28N4O. The molecule has 0 aliphatic carbocycles. The third-order valence-corrected chi connectivity index (χ3v) is 4.79. The number of nitrogens with zero attached hydrogens (tertiary/aromatic N) is 4. The Morgan fingerprint density at radius 2 is 2.17 bits per heavy atom. The molecule has 126 valence electrons. The Morgan fingerprint density at radius 3 is 2.87 bits per heavy atom. The minimum absolute atomic E-state index is 0.253. The Kier molecular flexibility index (Phi) is 4.99. The Morgan fingerprint density at radius 1 is 1.35 bits per heavy atom. The first-order valence-corrected chi connectivity index (χ1v) is 8.65. The molecule has 2 atom stereocenters. The van der Waals surface area contributed by atoms with Crippen molar-refractivity contribution >= 4 is 5.65 Å². The van der Waals surface area contributed by atoms with Gasteiger partial charge in [0.25, 0.3) is 0 Å². The molecule has 0 aromatic carbocycles. The highest BCUT2D eigenvalue weighted by Crippen LogP contribution is 2.16. The van der Waals surface area contributed by atoms with Crippen molar-refractivity contribution in [3.05, 3.63) is 35.8 Å². The summed E-state index contributed by atoms with van der Waals surface area (Å²) >= 11 is 0. The topological polar surface area (TPSA) is 44.0 Å². The molecule has 0 bridgehead atoms. The van der Waals surface area contributed by atoms with Gasteiger partial charge in [-0.3, -0.25) is 9.80 Å². The number of aryl methyl sites for hydroxylation is 1. The number of piperazine rings is 1. The summed E-state index contributed by atoms with van der Waals surface area (Å²) in [6.07, 6.45) is 3.03. The second-order valence-electron chi connectivity index (χ2n) is 6.77. The summed E-state index contributed by atoms with van der Waals surface area (Å²) < 4.78 is 2.16. The fourth-order valence-corrected chi connectivity index (χ4v) is 3.57. The number of imidazole rings is 1. The van der Waals surface area contributed by atoms with Crippen LogP contribution in [0.1, 0.15) is 31.7 Å². The van der Waals surface area contributed by atoms with Crippen LogP contribution in [0.5, 0.6) is 0 Å². The summed E-state index contributed by atoms with van der Waals surface area (Å²) in [5.41, 5.74) is 3.38. The van der Waals surface area contributed by atoms with Crippen molar-refractivity contribution in [1.29, 1.82) is 0 Å². The van der Waals surface area contributed by atoms with E-state index in [2.05, 4.69) is 52.4 Å². The van der Waals surface area contributed by atoms with Crippen molar-refractivity contribution in [2.24, 2.45) is 0 Å². The molecule has 5 heteroatoms. The number of aromatic nitrogens is 2. The van der Waals surface area contributed by atoms with Gasteiger partial charge in [0.2, 0.25) is 0 Å². The molecule has 2 aromatic rings. The van der Waals surface area contributed by atoms with Gasteiger partial charge in [-0.05, 0) is 32.4 Å². The largest absolute Gasteiger partial charge is 0.392 e. The normalized spacial score (nSPS) is 21.8. The van der Waals surface area contributed by atoms with Crippen LogP contribution < -0.4 is 0 Å². The Balaban J connectivity index is 1.67. The average Bonchev–Trinajstić information content (AvgIpc) is 2.92. The third kappa shape index (κ3) is 3.74. The molecule has 0 saturated carbocycles. The average molecular weight is 316 g/mol. The predicted octanol–water partition coefficient (Wildman–Crippen LogP) is 1.92. The van der Waals surface area contributed by atoms with Gasteiger partial charge >= 0.3 is 0 Å². The van der Waals surface area contributed by atoms with Crippen LogP contribution in [0.4, 0.5) is 0 Å². The molecule has 2 aromatic heterocycles. The van der Waals surface area contributed by atoms with E-state index in [1.807, 2.05) is 6.92 Å². The Labute approximate surface area is 138 Å². The first kappa shape index (κ1) is 16.4. The quantitative estimate of drug-likeness (QED) is 0.915. The number of aliphatic hydroxyl groups excluding tert-OH is 1. The van der Waals surface area contributed by atoms with E-state index < -0.39 is 0 Å². The lowest BCUT2D eigenvalue weighted by Crippen LogP contribution is -2.54. The smallest absolute Gasteiger partial charge is 0.137 e. The van der Waals surface area contributed by atoms with Gasteiger partial charge in [0.15, 0.2) is 0 Å². The van der Waals surface area contributed by atoms with E-state index in [9.17, 15) is 5.11 Å². The number of fused-ring (bicyclic) bond motifs is 1. The van der Waals surface area contributed by atoms with Crippen LogP contribution in [-0.2, 0) is 6.54 Å². The van der Waals surface area contributed by atoms with Gasteiger partial charge in [-0.15, -0.1) is 0 Å². The van der Waals surface area contributed by atoms with Crippen LogP contribution in [0.3, 0.4) is 0 Å². The molecule has 1 aliphatic rings. The summed E-state index contributed by atoms with van der Waals surface area (Å²) in [5.74, 6) is 0. The van der Waals surface area contributed by atoms with Crippen LogP contribution in [0, 0.1) is 6.92 Å². The van der Waals surface area contributed by atoms with Crippen LogP contribution in [0.25, 0.3) is 5.65 Å². The first-order valence-electron chi connectivity index (χ1n) is 8.65. The molecule has 0 amide bonds. The predicted molar refractivity (Wildman–Crippen MR) is 92.5 cm³/mol. The van der Waals surface area contributed by atoms with E-state index in [1.165, 1.54) is 5.69 Å². The molecule has 5 nitrogen and oxygen atoms in total. The number of β-amino-alcohol motifs (C(OH)–C–C–N with tert-alkyl or cyclic N) is 1. The van der Waals surface area contributed by atoms with E-state index in [-0.39, 0.29) is 6.10 Å². The highest BCUT2D eigenvalue weighted by atomic mass is 16.3. The SMILES string of the molecule is CC[C@H]1CN(Cc2cn3c(C)cccc3n2)CCN1C[C@H](C)O. The lowest BCUT2D eigenvalue weighted by molar-refractivity contribution is 0.0334. The monoisotopic (exact) mass is 316 g/mol. The number of hydrogen-bond donors (Lipinski definition) is 1. The highest BCUT2D eigenvalue weighted by molar-refractivity contribution is 5.41. The van der Waals surface area contributed by atoms with Crippen LogP contribution in [0.2, 0.25) is 0 Å². The molecule has 1 saturated heterocycles. The third-order valence-electron chi connectivity index (χ3n) is 4.79. The van der Waals surface area contributed by atoms with Crippen molar-refractivity contribution in [2.75, 3.05) is 26.2 Å². The Bertz CT molecular complexity index is 652. The lowest BCUT2D eigenvalue weighted by atomic mass is 10.1. The van der Waals surface area contributed by atoms with Crippen molar-refractivity contribution in [3.8, 4) is 0 Å². The van der Waals surface area contributed by atoms with Crippen LogP contribution in [0.15, 0.2) is 24.4 Å². The van der Waals surface area contributed by atoms with Gasteiger partial charge in [-0.1, -0.05) is 13.0 Å². The zero-order valence-electron chi connectivity index (χ0n) is 14.4. The maximum atomic E-state index is 9.66. The van der Waals surface area contributed by atoms with Gasteiger partial charge in [-0.25, -0.2) is 4.98 Å². The fourth-order valence-electron chi connectivity index (χ4n) is 3.57. The maximum Gasteiger partial charge on any atom is 0.137 e. The van der Waals surface area contributed by atoms with Crippen molar-refractivity contribution in [2.45, 2.75) is 45.9 Å². The first-order chi connectivity index (χ1) is 11.1. The van der Waals surface area contributed by atoms with Crippen LogP contribution >= 0.6 is 0 Å². The summed E-state index contributed by atoms with van der Waals surface area (Å²) in [6.45, 7) is 11.0. The fraction of sp³-hybridized carbons (Fsp3) is 0.611. The van der Waals surface area contributed by atoms with E-state index in [1.54, 1.807) is 0 Å². The molecule has 0 unspecified atom stereocenters. The summed E-state index contributed by atoms with van der Waals surface area (Å²) in [4.78, 5) is 9.67. The number of rotatable bonds is 5. The van der Waals surface area contributed by atoms with Gasteiger partial charge < -0.3 is 9.51 Å². The molecule has 3 heterocycles. The lowest BCUT2D eigenvalue weighted by Gasteiger charge is -2.41. The maximum absolute atomic E-state index is 9.66. The number of pyridine rings is 1. The van der Waals surface area contributed by atoms with E-state index >= 15 is 0 Å². The summed E-state index contributed by atoms with van der Waals surface area (Å²) in [6, 6.07) is 6.76. The molecule has 0 spiro atoms.